The van der Waals surface area contributed by atoms with Crippen LogP contribution in [0.5, 0.6) is 5.75 Å². The maximum Gasteiger partial charge on any atom is 0.251 e. The smallest absolute Gasteiger partial charge is 0.251 e. The molecule has 4 heteroatoms. The fourth-order valence-corrected chi connectivity index (χ4v) is 5.09. The molecule has 3 aromatic carbocycles. The summed E-state index contributed by atoms with van der Waals surface area (Å²) in [6, 6.07) is 22.7. The number of likely N-dealkylation sites (tertiary alicyclic amines) is 1. The Bertz CT molecular complexity index is 1110. The first-order valence-corrected chi connectivity index (χ1v) is 12.3. The highest BCUT2D eigenvalue weighted by Gasteiger charge is 2.26. The Morgan fingerprint density at radius 1 is 1.00 bits per heavy atom. The number of methoxy groups -OCH3 is 1. The van der Waals surface area contributed by atoms with Crippen molar-refractivity contribution in [3.8, 4) is 16.9 Å². The normalized spacial score (nSPS) is 17.2. The monoisotopic (exact) mass is 456 g/mol. The van der Waals surface area contributed by atoms with Crippen molar-refractivity contribution in [3.63, 3.8) is 0 Å². The molecule has 1 saturated heterocycles. The fourth-order valence-electron chi connectivity index (χ4n) is 5.09. The minimum absolute atomic E-state index is 0.00593. The second kappa shape index (κ2) is 10.9. The van der Waals surface area contributed by atoms with Gasteiger partial charge in [-0.1, -0.05) is 48.5 Å². The van der Waals surface area contributed by atoms with E-state index in [0.29, 0.717) is 24.1 Å². The topological polar surface area (TPSA) is 41.6 Å². The summed E-state index contributed by atoms with van der Waals surface area (Å²) >= 11 is 0. The Morgan fingerprint density at radius 3 is 2.41 bits per heavy atom. The van der Waals surface area contributed by atoms with Gasteiger partial charge in [0.1, 0.15) is 5.75 Å². The number of nitrogens with zero attached hydrogens (tertiary/aromatic N) is 1. The zero-order valence-corrected chi connectivity index (χ0v) is 20.8. The van der Waals surface area contributed by atoms with Gasteiger partial charge in [-0.15, -0.1) is 0 Å². The number of nitrogens with one attached hydrogen (secondary N) is 1. The largest absolute Gasteiger partial charge is 0.496 e. The average Bonchev–Trinajstić information content (AvgIpc) is 2.89. The Morgan fingerprint density at radius 2 is 1.71 bits per heavy atom. The van der Waals surface area contributed by atoms with Crippen LogP contribution in [0, 0.1) is 19.8 Å². The molecule has 0 radical (unpaired) electrons. The summed E-state index contributed by atoms with van der Waals surface area (Å²) in [5, 5.41) is 3.18. The number of piperidine rings is 1. The molecule has 1 heterocycles. The molecule has 34 heavy (non-hydrogen) atoms. The zero-order chi connectivity index (χ0) is 24.1. The van der Waals surface area contributed by atoms with Crippen molar-refractivity contribution in [1.82, 2.24) is 10.2 Å². The predicted octanol–water partition coefficient (Wildman–Crippen LogP) is 6.18. The van der Waals surface area contributed by atoms with Crippen molar-refractivity contribution in [2.75, 3.05) is 26.7 Å². The molecule has 0 aromatic heterocycles. The van der Waals surface area contributed by atoms with E-state index in [1.54, 1.807) is 7.11 Å². The maximum absolute atomic E-state index is 12.8. The average molecular weight is 457 g/mol. The van der Waals surface area contributed by atoms with E-state index in [0.717, 1.165) is 42.8 Å². The summed E-state index contributed by atoms with van der Waals surface area (Å²) in [7, 11) is 1.73. The lowest BCUT2D eigenvalue weighted by molar-refractivity contribution is 0.0917. The Hall–Kier alpha value is -3.11. The summed E-state index contributed by atoms with van der Waals surface area (Å²) in [5.74, 6) is 1.42. The van der Waals surface area contributed by atoms with Crippen molar-refractivity contribution in [2.24, 2.45) is 5.92 Å². The van der Waals surface area contributed by atoms with E-state index >= 15 is 0 Å². The van der Waals surface area contributed by atoms with Gasteiger partial charge in [0.15, 0.2) is 0 Å². The summed E-state index contributed by atoms with van der Waals surface area (Å²) in [6.45, 7) is 9.42. The molecule has 0 aliphatic carbocycles. The van der Waals surface area contributed by atoms with Gasteiger partial charge in [0.25, 0.3) is 5.91 Å². The molecule has 3 aromatic rings. The van der Waals surface area contributed by atoms with E-state index in [1.807, 2.05) is 42.5 Å². The van der Waals surface area contributed by atoms with Gasteiger partial charge in [0.05, 0.1) is 7.11 Å². The van der Waals surface area contributed by atoms with E-state index in [1.165, 1.54) is 16.7 Å². The van der Waals surface area contributed by atoms with Crippen molar-refractivity contribution in [1.29, 1.82) is 0 Å². The van der Waals surface area contributed by atoms with Crippen LogP contribution in [-0.2, 0) is 0 Å². The van der Waals surface area contributed by atoms with Gasteiger partial charge < -0.3 is 10.1 Å². The van der Waals surface area contributed by atoms with E-state index in [-0.39, 0.29) is 5.91 Å². The predicted molar refractivity (Wildman–Crippen MR) is 139 cm³/mol. The number of ether oxygens (including phenoxy) is 1. The molecule has 4 rings (SSSR count). The van der Waals surface area contributed by atoms with Crippen molar-refractivity contribution in [2.45, 2.75) is 39.7 Å². The van der Waals surface area contributed by atoms with E-state index in [4.69, 9.17) is 4.74 Å². The molecule has 178 valence electrons. The van der Waals surface area contributed by atoms with Crippen LogP contribution in [0.3, 0.4) is 0 Å². The van der Waals surface area contributed by atoms with Gasteiger partial charge >= 0.3 is 0 Å². The van der Waals surface area contributed by atoms with Crippen molar-refractivity contribution in [3.05, 3.63) is 89.0 Å². The van der Waals surface area contributed by atoms with Crippen LogP contribution in [0.25, 0.3) is 11.1 Å². The Kier molecular flexibility index (Phi) is 7.69. The number of rotatable bonds is 7. The maximum atomic E-state index is 12.8. The molecule has 0 spiro atoms. The summed E-state index contributed by atoms with van der Waals surface area (Å²) in [4.78, 5) is 15.3. The van der Waals surface area contributed by atoms with Gasteiger partial charge in [-0.2, -0.15) is 0 Å². The fraction of sp³-hybridized carbons (Fsp3) is 0.367. The van der Waals surface area contributed by atoms with Crippen LogP contribution in [0.1, 0.15) is 52.9 Å². The number of amides is 1. The second-order valence-corrected chi connectivity index (χ2v) is 9.44. The molecule has 4 nitrogen and oxygen atoms in total. The summed E-state index contributed by atoms with van der Waals surface area (Å²) in [5.41, 5.74) is 6.88. The van der Waals surface area contributed by atoms with Gasteiger partial charge in [0, 0.05) is 24.7 Å². The summed E-state index contributed by atoms with van der Waals surface area (Å²) < 4.78 is 5.49. The zero-order valence-electron chi connectivity index (χ0n) is 20.8. The summed E-state index contributed by atoms with van der Waals surface area (Å²) in [6.07, 6.45) is 2.31. The second-order valence-electron chi connectivity index (χ2n) is 9.44. The number of carbonyl (C=O) groups excluding carboxylic acids is 1. The standard InChI is InChI=1S/C30H36N2O2/c1-21-22(2)29(34-4)17-16-28(21)23(3)32-18-8-9-24(20-32)19-31-30(33)27-14-12-26(13-15-27)25-10-6-5-7-11-25/h5-7,10-17,23-24H,8-9,18-20H2,1-4H3,(H,31,33). The first-order chi connectivity index (χ1) is 16.5. The molecule has 1 N–H and O–H groups in total. The van der Waals surface area contributed by atoms with Crippen LogP contribution in [0.2, 0.25) is 0 Å². The molecular formula is C30H36N2O2. The minimum atomic E-state index is 0.00593. The Balaban J connectivity index is 1.34. The van der Waals surface area contributed by atoms with E-state index < -0.39 is 0 Å². The first kappa shape index (κ1) is 24.0. The highest BCUT2D eigenvalue weighted by atomic mass is 16.5. The van der Waals surface area contributed by atoms with Crippen LogP contribution in [0.4, 0.5) is 0 Å². The molecule has 2 atom stereocenters. The molecule has 1 aliphatic rings. The number of hydrogen-bond donors (Lipinski definition) is 1. The third kappa shape index (κ3) is 5.34. The van der Waals surface area contributed by atoms with Crippen molar-refractivity contribution >= 4 is 5.91 Å². The number of hydrogen-bond acceptors (Lipinski definition) is 3. The quantitative estimate of drug-likeness (QED) is 0.461. The first-order valence-electron chi connectivity index (χ1n) is 12.3. The van der Waals surface area contributed by atoms with Crippen LogP contribution < -0.4 is 10.1 Å². The highest BCUT2D eigenvalue weighted by molar-refractivity contribution is 5.94. The van der Waals surface area contributed by atoms with E-state index in [9.17, 15) is 4.79 Å². The lowest BCUT2D eigenvalue weighted by Crippen LogP contribution is -2.42. The molecule has 0 saturated carbocycles. The van der Waals surface area contributed by atoms with E-state index in [2.05, 4.69) is 55.3 Å². The lowest BCUT2D eigenvalue weighted by atomic mass is 9.92. The molecular weight excluding hydrogens is 420 g/mol. The lowest BCUT2D eigenvalue weighted by Gasteiger charge is -2.38. The van der Waals surface area contributed by atoms with Crippen LogP contribution >= 0.6 is 0 Å². The van der Waals surface area contributed by atoms with Crippen LogP contribution in [-0.4, -0.2) is 37.6 Å². The molecule has 1 aliphatic heterocycles. The van der Waals surface area contributed by atoms with Gasteiger partial charge in [-0.25, -0.2) is 0 Å². The minimum Gasteiger partial charge on any atom is -0.496 e. The van der Waals surface area contributed by atoms with Gasteiger partial charge in [-0.3, -0.25) is 9.69 Å². The van der Waals surface area contributed by atoms with Crippen LogP contribution in [0.15, 0.2) is 66.7 Å². The highest BCUT2D eigenvalue weighted by Crippen LogP contribution is 2.32. The molecule has 0 bridgehead atoms. The number of benzene rings is 3. The molecule has 1 amide bonds. The number of carbonyl (C=O) groups is 1. The van der Waals surface area contributed by atoms with Crippen molar-refractivity contribution < 1.29 is 9.53 Å². The van der Waals surface area contributed by atoms with Gasteiger partial charge in [-0.05, 0) is 92.1 Å². The SMILES string of the molecule is COc1ccc(C(C)N2CCCC(CNC(=O)c3ccc(-c4ccccc4)cc3)C2)c(C)c1C. The Labute approximate surface area is 204 Å². The molecule has 1 fully saturated rings. The van der Waals surface area contributed by atoms with Gasteiger partial charge in [0.2, 0.25) is 0 Å². The third-order valence-electron chi connectivity index (χ3n) is 7.35. The molecule has 2 unspecified atom stereocenters. The third-order valence-corrected chi connectivity index (χ3v) is 7.35.